The van der Waals surface area contributed by atoms with Crippen LogP contribution in [0.2, 0.25) is 10.0 Å². The Bertz CT molecular complexity index is 665. The smallest absolute Gasteiger partial charge is 0.262 e. The molecular weight excluding hydrogens is 485 g/mol. The second kappa shape index (κ2) is 20.8. The molecule has 1 aromatic carbocycles. The van der Waals surface area contributed by atoms with Gasteiger partial charge in [-0.2, -0.15) is 0 Å². The minimum absolute atomic E-state index is 0.00354. The molecule has 0 aromatic heterocycles. The fraction of sp³-hybridized carbons (Fsp3) is 0.750. The van der Waals surface area contributed by atoms with E-state index in [1.54, 1.807) is 6.92 Å². The molecule has 33 heavy (non-hydrogen) atoms. The summed E-state index contributed by atoms with van der Waals surface area (Å²) in [6, 6.07) is 3.90. The molecule has 0 aliphatic heterocycles. The van der Waals surface area contributed by atoms with Crippen molar-refractivity contribution < 1.29 is 26.7 Å². The van der Waals surface area contributed by atoms with Crippen LogP contribution in [0.1, 0.15) is 86.0 Å². The van der Waals surface area contributed by atoms with Gasteiger partial charge in [0.1, 0.15) is 0 Å². The van der Waals surface area contributed by atoms with Gasteiger partial charge in [-0.15, -0.1) is 0 Å². The third-order valence-electron chi connectivity index (χ3n) is 5.03. The highest BCUT2D eigenvalue weighted by Crippen LogP contribution is 2.28. The first kappa shape index (κ1) is 34.6. The number of quaternary nitrogens is 1. The summed E-state index contributed by atoms with van der Waals surface area (Å²) in [6.07, 6.45) is 11.1. The summed E-state index contributed by atoms with van der Waals surface area (Å²) in [5.41, 5.74) is 0. The molecule has 1 rings (SSSR count). The van der Waals surface area contributed by atoms with Crippen molar-refractivity contribution in [2.45, 2.75) is 86.0 Å². The Hall–Kier alpha value is -0.570. The van der Waals surface area contributed by atoms with Gasteiger partial charge >= 0.3 is 0 Å². The number of rotatable bonds is 14. The van der Waals surface area contributed by atoms with E-state index in [1.807, 2.05) is 0 Å². The van der Waals surface area contributed by atoms with E-state index < -0.39 is 10.4 Å². The summed E-state index contributed by atoms with van der Waals surface area (Å²) < 4.78 is 36.0. The van der Waals surface area contributed by atoms with Gasteiger partial charge in [0.25, 0.3) is 10.4 Å². The topological polar surface area (TPSA) is 86.7 Å². The number of benzene rings is 1. The van der Waals surface area contributed by atoms with Gasteiger partial charge in [0.2, 0.25) is 0 Å². The van der Waals surface area contributed by atoms with Crippen LogP contribution in [-0.2, 0) is 10.4 Å². The van der Waals surface area contributed by atoms with Crippen molar-refractivity contribution in [1.29, 1.82) is 0 Å². The molecule has 0 aliphatic rings. The molecule has 0 aliphatic carbocycles. The van der Waals surface area contributed by atoms with Crippen molar-refractivity contribution in [3.8, 4) is 5.75 Å². The van der Waals surface area contributed by atoms with Crippen molar-refractivity contribution in [3.63, 3.8) is 0 Å². The van der Waals surface area contributed by atoms with E-state index in [0.717, 1.165) is 6.07 Å². The van der Waals surface area contributed by atoms with E-state index in [9.17, 15) is 13.0 Å². The van der Waals surface area contributed by atoms with Gasteiger partial charge in [-0.1, -0.05) is 76.6 Å². The number of unbranched alkanes of at least 4 members (excludes halogenated alkanes) is 4. The van der Waals surface area contributed by atoms with Crippen LogP contribution in [0.15, 0.2) is 18.2 Å². The lowest BCUT2D eigenvalue weighted by Gasteiger charge is -2.39. The van der Waals surface area contributed by atoms with E-state index >= 15 is 0 Å². The predicted octanol–water partition coefficient (Wildman–Crippen LogP) is 6.83. The van der Waals surface area contributed by atoms with Crippen molar-refractivity contribution in [3.05, 3.63) is 28.2 Å². The Kier molecular flexibility index (Phi) is 21.8. The minimum atomic E-state index is -4.81. The Labute approximate surface area is 212 Å². The number of aliphatic hydroxyl groups excluding tert-OH is 1. The normalized spacial score (nSPS) is 11.2. The summed E-state index contributed by atoms with van der Waals surface area (Å²) in [4.78, 5) is 0. The Morgan fingerprint density at radius 2 is 1.21 bits per heavy atom. The molecule has 1 aromatic rings. The standard InChI is InChI=1S/C16H36N.C6H4Cl2O4S.C2H6O/c1-5-9-13-17(14-10-6-2,15-11-7-3)16-12-8-4;7-4-1-2-5(8)6(3-4)12-13(9,10)11;1-2-3/h5-16H2,1-4H3;1-3H,(H,9,10,11);3H,2H2,1H3/q+1;;/p-1. The van der Waals surface area contributed by atoms with E-state index in [1.165, 1.54) is 94.2 Å². The van der Waals surface area contributed by atoms with Gasteiger partial charge in [0.15, 0.2) is 5.75 Å². The van der Waals surface area contributed by atoms with Crippen LogP contribution in [0.25, 0.3) is 0 Å². The average molecular weight is 531 g/mol. The quantitative estimate of drug-likeness (QED) is 0.162. The van der Waals surface area contributed by atoms with Gasteiger partial charge in [0.05, 0.1) is 31.2 Å². The van der Waals surface area contributed by atoms with Crippen LogP contribution in [0, 0.1) is 0 Å². The first-order valence-electron chi connectivity index (χ1n) is 12.1. The van der Waals surface area contributed by atoms with Crippen LogP contribution in [0.5, 0.6) is 5.75 Å². The molecule has 0 bridgehead atoms. The highest BCUT2D eigenvalue weighted by molar-refractivity contribution is 7.81. The maximum atomic E-state index is 10.2. The summed E-state index contributed by atoms with van der Waals surface area (Å²) in [6.45, 7) is 16.9. The largest absolute Gasteiger partial charge is 0.716 e. The average Bonchev–Trinajstić information content (AvgIpc) is 2.75. The molecule has 0 saturated heterocycles. The zero-order valence-electron chi connectivity index (χ0n) is 21.1. The molecular formula is C24H45Cl2NO5S. The highest BCUT2D eigenvalue weighted by Gasteiger charge is 2.24. The lowest BCUT2D eigenvalue weighted by molar-refractivity contribution is -0.929. The zero-order valence-corrected chi connectivity index (χ0v) is 23.4. The summed E-state index contributed by atoms with van der Waals surface area (Å²) in [5, 5.41) is 7.80. The van der Waals surface area contributed by atoms with Crippen LogP contribution >= 0.6 is 23.2 Å². The SMILES string of the molecule is CCCC[N+](CCCC)(CCCC)CCCC.CCO.O=S(=O)([O-])Oc1cc(Cl)ccc1Cl. The molecule has 9 heteroatoms. The van der Waals surface area contributed by atoms with Crippen molar-refractivity contribution in [1.82, 2.24) is 0 Å². The van der Waals surface area contributed by atoms with Gasteiger partial charge < -0.3 is 18.3 Å². The van der Waals surface area contributed by atoms with Gasteiger partial charge in [-0.05, 0) is 44.7 Å². The molecule has 0 unspecified atom stereocenters. The van der Waals surface area contributed by atoms with Crippen LogP contribution < -0.4 is 4.18 Å². The van der Waals surface area contributed by atoms with Gasteiger partial charge in [-0.3, -0.25) is 0 Å². The number of nitrogens with zero attached hydrogens (tertiary/aromatic N) is 1. The number of hydrogen-bond acceptors (Lipinski definition) is 5. The molecule has 1 N–H and O–H groups in total. The summed E-state index contributed by atoms with van der Waals surface area (Å²) >= 11 is 11.0. The third kappa shape index (κ3) is 19.4. The van der Waals surface area contributed by atoms with Crippen molar-refractivity contribution >= 4 is 33.6 Å². The third-order valence-corrected chi connectivity index (χ3v) is 5.96. The maximum Gasteiger partial charge on any atom is 0.262 e. The van der Waals surface area contributed by atoms with E-state index in [2.05, 4.69) is 31.9 Å². The lowest BCUT2D eigenvalue weighted by Crippen LogP contribution is -2.50. The molecule has 196 valence electrons. The molecule has 6 nitrogen and oxygen atoms in total. The molecule has 0 spiro atoms. The number of aliphatic hydroxyl groups is 1. The summed E-state index contributed by atoms with van der Waals surface area (Å²) in [5.74, 6) is -0.274. The Balaban J connectivity index is 0. The predicted molar refractivity (Wildman–Crippen MR) is 139 cm³/mol. The van der Waals surface area contributed by atoms with Crippen LogP contribution in [0.3, 0.4) is 0 Å². The monoisotopic (exact) mass is 529 g/mol. The fourth-order valence-electron chi connectivity index (χ4n) is 3.30. The number of halogens is 2. The molecule has 0 saturated carbocycles. The lowest BCUT2D eigenvalue weighted by atomic mass is 10.1. The van der Waals surface area contributed by atoms with Crippen LogP contribution in [-0.4, -0.2) is 55.3 Å². The maximum absolute atomic E-state index is 10.2. The first-order valence-corrected chi connectivity index (χ1v) is 14.2. The Morgan fingerprint density at radius 1 is 0.848 bits per heavy atom. The van der Waals surface area contributed by atoms with E-state index in [-0.39, 0.29) is 22.4 Å². The van der Waals surface area contributed by atoms with Gasteiger partial charge in [0, 0.05) is 17.7 Å². The Morgan fingerprint density at radius 3 is 1.52 bits per heavy atom. The van der Waals surface area contributed by atoms with Gasteiger partial charge in [-0.25, -0.2) is 8.42 Å². The highest BCUT2D eigenvalue weighted by atomic mass is 35.5. The van der Waals surface area contributed by atoms with Crippen molar-refractivity contribution in [2.24, 2.45) is 0 Å². The van der Waals surface area contributed by atoms with Crippen LogP contribution in [0.4, 0.5) is 0 Å². The fourth-order valence-corrected chi connectivity index (χ4v) is 4.02. The first-order chi connectivity index (χ1) is 15.5. The number of hydrogen-bond donors (Lipinski definition) is 1. The molecule has 0 amide bonds. The van der Waals surface area contributed by atoms with E-state index in [0.29, 0.717) is 0 Å². The van der Waals surface area contributed by atoms with Crippen molar-refractivity contribution in [2.75, 3.05) is 32.8 Å². The molecule has 0 fully saturated rings. The summed E-state index contributed by atoms with van der Waals surface area (Å²) in [7, 11) is -4.81. The van der Waals surface area contributed by atoms with E-state index in [4.69, 9.17) is 28.3 Å². The molecule has 0 radical (unpaired) electrons. The minimum Gasteiger partial charge on any atom is -0.716 e. The zero-order chi connectivity index (χ0) is 25.8. The molecule has 0 heterocycles. The second-order valence-corrected chi connectivity index (χ2v) is 9.86. The molecule has 0 atom stereocenters. The second-order valence-electron chi connectivity index (χ2n) is 8.03.